The smallest absolute Gasteiger partial charge is 0.326 e. The van der Waals surface area contributed by atoms with Crippen molar-refractivity contribution in [1.29, 1.82) is 0 Å². The van der Waals surface area contributed by atoms with Gasteiger partial charge in [0.2, 0.25) is 0 Å². The molecule has 2 amide bonds. The normalized spacial score (nSPS) is 20.9. The molecule has 0 aromatic carbocycles. The highest BCUT2D eigenvalue weighted by molar-refractivity contribution is 8.00. The SMILES string of the molecule is CCC(NC(=O)N1CCSC(C)(C)CC1)C(=O)O. The van der Waals surface area contributed by atoms with Gasteiger partial charge in [-0.25, -0.2) is 9.59 Å². The van der Waals surface area contributed by atoms with Crippen LogP contribution in [0.3, 0.4) is 0 Å². The summed E-state index contributed by atoms with van der Waals surface area (Å²) in [5.41, 5.74) is 0. The Kier molecular flexibility index (Phi) is 5.31. The van der Waals surface area contributed by atoms with E-state index in [1.807, 2.05) is 11.8 Å². The molecule has 0 saturated carbocycles. The van der Waals surface area contributed by atoms with Gasteiger partial charge in [-0.2, -0.15) is 11.8 Å². The number of nitrogens with zero attached hydrogens (tertiary/aromatic N) is 1. The van der Waals surface area contributed by atoms with Crippen LogP contribution < -0.4 is 5.32 Å². The van der Waals surface area contributed by atoms with Crippen molar-refractivity contribution in [3.05, 3.63) is 0 Å². The zero-order valence-electron chi connectivity index (χ0n) is 11.2. The molecule has 0 aromatic heterocycles. The maximum absolute atomic E-state index is 12.0. The minimum atomic E-state index is -0.977. The van der Waals surface area contributed by atoms with E-state index in [1.54, 1.807) is 11.8 Å². The maximum atomic E-state index is 12.0. The van der Waals surface area contributed by atoms with E-state index in [0.717, 1.165) is 12.2 Å². The maximum Gasteiger partial charge on any atom is 0.326 e. The number of carbonyl (C=O) groups excluding carboxylic acids is 1. The Balaban J connectivity index is 2.54. The molecule has 0 spiro atoms. The van der Waals surface area contributed by atoms with Crippen LogP contribution in [0.4, 0.5) is 4.79 Å². The number of carboxylic acids is 1. The fraction of sp³-hybridized carbons (Fsp3) is 0.833. The number of rotatable bonds is 3. The quantitative estimate of drug-likeness (QED) is 0.823. The van der Waals surface area contributed by atoms with Gasteiger partial charge < -0.3 is 15.3 Å². The van der Waals surface area contributed by atoms with Crippen molar-refractivity contribution in [3.8, 4) is 0 Å². The second kappa shape index (κ2) is 6.31. The third-order valence-electron chi connectivity index (χ3n) is 3.13. The lowest BCUT2D eigenvalue weighted by molar-refractivity contribution is -0.139. The van der Waals surface area contributed by atoms with Gasteiger partial charge in [-0.1, -0.05) is 20.8 Å². The minimum absolute atomic E-state index is 0.186. The molecular weight excluding hydrogens is 252 g/mol. The fourth-order valence-corrected chi connectivity index (χ4v) is 2.90. The van der Waals surface area contributed by atoms with E-state index >= 15 is 0 Å². The predicted molar refractivity (Wildman–Crippen MR) is 73.0 cm³/mol. The molecule has 1 rings (SSSR count). The van der Waals surface area contributed by atoms with Crippen LogP contribution in [-0.2, 0) is 4.79 Å². The fourth-order valence-electron chi connectivity index (χ4n) is 1.80. The van der Waals surface area contributed by atoms with Crippen LogP contribution in [0.2, 0.25) is 0 Å². The molecule has 0 radical (unpaired) electrons. The molecule has 0 aromatic rings. The molecule has 0 aliphatic carbocycles. The molecule has 1 fully saturated rings. The van der Waals surface area contributed by atoms with Gasteiger partial charge >= 0.3 is 12.0 Å². The van der Waals surface area contributed by atoms with E-state index in [9.17, 15) is 9.59 Å². The van der Waals surface area contributed by atoms with Gasteiger partial charge in [-0.15, -0.1) is 0 Å². The van der Waals surface area contributed by atoms with Crippen LogP contribution in [-0.4, -0.2) is 51.6 Å². The van der Waals surface area contributed by atoms with Crippen LogP contribution in [0.1, 0.15) is 33.6 Å². The van der Waals surface area contributed by atoms with Crippen LogP contribution >= 0.6 is 11.8 Å². The first-order chi connectivity index (χ1) is 8.35. The monoisotopic (exact) mass is 274 g/mol. The minimum Gasteiger partial charge on any atom is -0.480 e. The number of urea groups is 1. The number of hydrogen-bond acceptors (Lipinski definition) is 3. The van der Waals surface area contributed by atoms with Gasteiger partial charge in [0, 0.05) is 23.6 Å². The summed E-state index contributed by atoms with van der Waals surface area (Å²) >= 11 is 1.86. The van der Waals surface area contributed by atoms with Crippen LogP contribution in [0.5, 0.6) is 0 Å². The first-order valence-electron chi connectivity index (χ1n) is 6.28. The largest absolute Gasteiger partial charge is 0.480 e. The first kappa shape index (κ1) is 15.1. The number of aliphatic carboxylic acids is 1. The zero-order chi connectivity index (χ0) is 13.8. The third kappa shape index (κ3) is 4.40. The van der Waals surface area contributed by atoms with E-state index < -0.39 is 12.0 Å². The van der Waals surface area contributed by atoms with Gasteiger partial charge in [0.15, 0.2) is 0 Å². The van der Waals surface area contributed by atoms with Gasteiger partial charge in [0.05, 0.1) is 0 Å². The zero-order valence-corrected chi connectivity index (χ0v) is 12.0. The highest BCUT2D eigenvalue weighted by Crippen LogP contribution is 2.30. The van der Waals surface area contributed by atoms with E-state index in [0.29, 0.717) is 19.5 Å². The Morgan fingerprint density at radius 2 is 2.11 bits per heavy atom. The summed E-state index contributed by atoms with van der Waals surface area (Å²) in [5, 5.41) is 11.5. The van der Waals surface area contributed by atoms with E-state index in [2.05, 4.69) is 19.2 Å². The second-order valence-electron chi connectivity index (χ2n) is 5.09. The molecule has 104 valence electrons. The molecule has 5 nitrogen and oxygen atoms in total. The molecule has 1 aliphatic rings. The van der Waals surface area contributed by atoms with Crippen molar-refractivity contribution in [2.24, 2.45) is 0 Å². The summed E-state index contributed by atoms with van der Waals surface area (Å²) in [6.45, 7) is 7.45. The summed E-state index contributed by atoms with van der Waals surface area (Å²) < 4.78 is 0.186. The molecule has 6 heteroatoms. The van der Waals surface area contributed by atoms with Crippen LogP contribution in [0.25, 0.3) is 0 Å². The molecule has 1 saturated heterocycles. The van der Waals surface area contributed by atoms with E-state index in [-0.39, 0.29) is 10.8 Å². The number of amides is 2. The average molecular weight is 274 g/mol. The third-order valence-corrected chi connectivity index (χ3v) is 4.50. The molecule has 2 N–H and O–H groups in total. The lowest BCUT2D eigenvalue weighted by Gasteiger charge is -2.24. The summed E-state index contributed by atoms with van der Waals surface area (Å²) in [7, 11) is 0. The summed E-state index contributed by atoms with van der Waals surface area (Å²) in [4.78, 5) is 24.6. The van der Waals surface area contributed by atoms with Gasteiger partial charge in [-0.3, -0.25) is 0 Å². The van der Waals surface area contributed by atoms with Gasteiger partial charge in [-0.05, 0) is 12.8 Å². The van der Waals surface area contributed by atoms with Gasteiger partial charge in [0.25, 0.3) is 0 Å². The predicted octanol–water partition coefficient (Wildman–Crippen LogP) is 1.78. The Morgan fingerprint density at radius 3 is 2.67 bits per heavy atom. The Hall–Kier alpha value is -0.910. The van der Waals surface area contributed by atoms with E-state index in [1.165, 1.54) is 0 Å². The van der Waals surface area contributed by atoms with Crippen molar-refractivity contribution in [2.45, 2.75) is 44.4 Å². The number of carboxylic acid groups (broad SMARTS) is 1. The Bertz CT molecular complexity index is 320. The highest BCUT2D eigenvalue weighted by Gasteiger charge is 2.27. The number of carbonyl (C=O) groups is 2. The molecule has 1 atom stereocenters. The van der Waals surface area contributed by atoms with Crippen molar-refractivity contribution >= 4 is 23.8 Å². The summed E-state index contributed by atoms with van der Waals surface area (Å²) in [5.74, 6) is -0.0834. The Morgan fingerprint density at radius 1 is 1.44 bits per heavy atom. The number of hydrogen-bond donors (Lipinski definition) is 2. The molecule has 18 heavy (non-hydrogen) atoms. The first-order valence-corrected chi connectivity index (χ1v) is 7.26. The molecule has 0 bridgehead atoms. The number of nitrogens with one attached hydrogen (secondary N) is 1. The standard InChI is InChI=1S/C12H22N2O3S/c1-4-9(10(15)16)13-11(17)14-6-5-12(2,3)18-8-7-14/h9H,4-8H2,1-3H3,(H,13,17)(H,15,16). The van der Waals surface area contributed by atoms with Crippen molar-refractivity contribution in [2.75, 3.05) is 18.8 Å². The van der Waals surface area contributed by atoms with Crippen molar-refractivity contribution in [1.82, 2.24) is 10.2 Å². The highest BCUT2D eigenvalue weighted by atomic mass is 32.2. The molecule has 1 aliphatic heterocycles. The lowest BCUT2D eigenvalue weighted by atomic mass is 10.1. The topological polar surface area (TPSA) is 69.6 Å². The van der Waals surface area contributed by atoms with Crippen molar-refractivity contribution < 1.29 is 14.7 Å². The summed E-state index contributed by atoms with van der Waals surface area (Å²) in [6.07, 6.45) is 1.32. The molecular formula is C12H22N2O3S. The Labute approximate surface area is 112 Å². The van der Waals surface area contributed by atoms with E-state index in [4.69, 9.17) is 5.11 Å². The van der Waals surface area contributed by atoms with Crippen LogP contribution in [0, 0.1) is 0 Å². The second-order valence-corrected chi connectivity index (χ2v) is 6.90. The van der Waals surface area contributed by atoms with Crippen LogP contribution in [0.15, 0.2) is 0 Å². The molecule has 1 unspecified atom stereocenters. The van der Waals surface area contributed by atoms with Crippen molar-refractivity contribution in [3.63, 3.8) is 0 Å². The summed E-state index contributed by atoms with van der Waals surface area (Å²) in [6, 6.07) is -1.05. The molecule has 1 heterocycles. The van der Waals surface area contributed by atoms with Gasteiger partial charge in [0.1, 0.15) is 6.04 Å². The average Bonchev–Trinajstić information content (AvgIpc) is 2.46. The number of thioether (sulfide) groups is 1. The lowest BCUT2D eigenvalue weighted by Crippen LogP contribution is -2.48.